The fourth-order valence-corrected chi connectivity index (χ4v) is 3.97. The first kappa shape index (κ1) is 17.4. The van der Waals surface area contributed by atoms with Crippen LogP contribution in [0.2, 0.25) is 0 Å². The highest BCUT2D eigenvalue weighted by Crippen LogP contribution is 2.44. The number of dihydropyridines is 1. The third kappa shape index (κ3) is 3.49. The second kappa shape index (κ2) is 7.62. The van der Waals surface area contributed by atoms with Crippen molar-refractivity contribution in [1.29, 1.82) is 5.26 Å². The van der Waals surface area contributed by atoms with E-state index < -0.39 is 5.92 Å². The minimum atomic E-state index is -0.520. The number of nitriles is 1. The molecule has 1 aromatic heterocycles. The van der Waals surface area contributed by atoms with E-state index in [0.29, 0.717) is 35.0 Å². The lowest BCUT2D eigenvalue weighted by atomic mass is 9.79. The van der Waals surface area contributed by atoms with Crippen LogP contribution in [0.25, 0.3) is 0 Å². The van der Waals surface area contributed by atoms with Crippen LogP contribution in [0.15, 0.2) is 44.7 Å². The number of Topliss-reactive ketones (excluding diaryl/α,β-unsaturated/α-hetero) is 1. The summed E-state index contributed by atoms with van der Waals surface area (Å²) in [5.74, 6) is -0.155. The van der Waals surface area contributed by atoms with Crippen molar-refractivity contribution in [2.75, 3.05) is 12.4 Å². The number of allylic oxidation sites excluding steroid dienone is 3. The number of hydrogen-bond donors (Lipinski definition) is 1. The third-order valence-electron chi connectivity index (χ3n) is 4.13. The maximum absolute atomic E-state index is 12.5. The van der Waals surface area contributed by atoms with Crippen molar-refractivity contribution in [2.24, 2.45) is 0 Å². The molecule has 1 aliphatic carbocycles. The molecule has 0 aromatic carbocycles. The lowest BCUT2D eigenvalue weighted by Gasteiger charge is -2.32. The molecule has 2 heterocycles. The number of nitrogens with one attached hydrogen (secondary N) is 1. The summed E-state index contributed by atoms with van der Waals surface area (Å²) in [6.45, 7) is 2.06. The Morgan fingerprint density at radius 3 is 3.04 bits per heavy atom. The second-order valence-corrected chi connectivity index (χ2v) is 6.68. The molecule has 0 bridgehead atoms. The van der Waals surface area contributed by atoms with Gasteiger partial charge in [-0.1, -0.05) is 11.8 Å². The number of hydrogen-bond acceptors (Lipinski definition) is 7. The van der Waals surface area contributed by atoms with Gasteiger partial charge in [0, 0.05) is 17.7 Å². The zero-order valence-electron chi connectivity index (χ0n) is 13.8. The van der Waals surface area contributed by atoms with Gasteiger partial charge in [0.2, 0.25) is 0 Å². The molecule has 2 aliphatic rings. The predicted molar refractivity (Wildman–Crippen MR) is 92.2 cm³/mol. The summed E-state index contributed by atoms with van der Waals surface area (Å²) < 4.78 is 10.5. The molecule has 7 heteroatoms. The molecule has 0 fully saturated rings. The molecular weight excluding hydrogens is 340 g/mol. The van der Waals surface area contributed by atoms with E-state index in [1.54, 1.807) is 19.1 Å². The molecule has 0 unspecified atom stereocenters. The monoisotopic (exact) mass is 358 g/mol. The summed E-state index contributed by atoms with van der Waals surface area (Å²) in [5, 5.41) is 13.5. The first-order valence-corrected chi connectivity index (χ1v) is 9.13. The van der Waals surface area contributed by atoms with E-state index in [0.717, 1.165) is 18.5 Å². The van der Waals surface area contributed by atoms with Gasteiger partial charge >= 0.3 is 5.97 Å². The van der Waals surface area contributed by atoms with Gasteiger partial charge < -0.3 is 14.5 Å². The molecule has 1 aromatic rings. The van der Waals surface area contributed by atoms with Crippen LogP contribution in [0.5, 0.6) is 0 Å². The average molecular weight is 358 g/mol. The number of nitrogens with zero attached hydrogens (tertiary/aromatic N) is 1. The first-order chi connectivity index (χ1) is 12.2. The Morgan fingerprint density at radius 2 is 2.36 bits per heavy atom. The van der Waals surface area contributed by atoms with Gasteiger partial charge in [-0.2, -0.15) is 5.26 Å². The zero-order valence-corrected chi connectivity index (χ0v) is 14.6. The molecule has 0 amide bonds. The summed E-state index contributed by atoms with van der Waals surface area (Å²) in [4.78, 5) is 24.2. The highest BCUT2D eigenvalue weighted by molar-refractivity contribution is 8.03. The van der Waals surface area contributed by atoms with Crippen LogP contribution in [0.3, 0.4) is 0 Å². The molecule has 1 aliphatic heterocycles. The Kier molecular flexibility index (Phi) is 5.29. The van der Waals surface area contributed by atoms with E-state index in [9.17, 15) is 14.9 Å². The first-order valence-electron chi connectivity index (χ1n) is 8.15. The predicted octanol–water partition coefficient (Wildman–Crippen LogP) is 3.00. The quantitative estimate of drug-likeness (QED) is 0.809. The van der Waals surface area contributed by atoms with Crippen LogP contribution < -0.4 is 5.32 Å². The fourth-order valence-electron chi connectivity index (χ4n) is 3.11. The lowest BCUT2D eigenvalue weighted by molar-refractivity contribution is -0.139. The van der Waals surface area contributed by atoms with E-state index in [4.69, 9.17) is 9.15 Å². The molecule has 1 atom stereocenters. The Bertz CT molecular complexity index is 786. The summed E-state index contributed by atoms with van der Waals surface area (Å²) in [6, 6.07) is 5.71. The zero-order chi connectivity index (χ0) is 17.8. The third-order valence-corrected chi connectivity index (χ3v) is 5.12. The normalized spacial score (nSPS) is 20.0. The van der Waals surface area contributed by atoms with Crippen LogP contribution in [-0.2, 0) is 14.3 Å². The molecule has 6 nitrogen and oxygen atoms in total. The molecule has 1 N–H and O–H groups in total. The highest BCUT2D eigenvalue weighted by atomic mass is 32.2. The maximum Gasteiger partial charge on any atom is 0.316 e. The molecular formula is C18H18N2O4S. The van der Waals surface area contributed by atoms with Gasteiger partial charge in [-0.15, -0.1) is 0 Å². The van der Waals surface area contributed by atoms with Gasteiger partial charge in [-0.3, -0.25) is 9.59 Å². The van der Waals surface area contributed by atoms with Crippen LogP contribution in [0.1, 0.15) is 37.9 Å². The van der Waals surface area contributed by atoms with E-state index in [1.165, 1.54) is 18.0 Å². The second-order valence-electron chi connectivity index (χ2n) is 5.69. The van der Waals surface area contributed by atoms with Crippen LogP contribution in [0.4, 0.5) is 0 Å². The Labute approximate surface area is 149 Å². The number of ketones is 1. The molecule has 0 spiro atoms. The minimum Gasteiger partial charge on any atom is -0.468 e. The van der Waals surface area contributed by atoms with Crippen molar-refractivity contribution < 1.29 is 18.7 Å². The highest BCUT2D eigenvalue weighted by Gasteiger charge is 2.38. The standard InChI is InChI=1S/C18H18N2O4S/c1-2-23-15(22)10-25-18-11(9-19)16(14-7-4-8-24-14)17-12(20-18)5-3-6-13(17)21/h4,7-8,16,20H,2-3,5-6,10H2,1H3/t16-/m1/s1. The van der Waals surface area contributed by atoms with Crippen molar-refractivity contribution in [1.82, 2.24) is 5.32 Å². The molecule has 0 saturated heterocycles. The topological polar surface area (TPSA) is 92.3 Å². The SMILES string of the molecule is CCOC(=O)CSC1=C(C#N)[C@H](c2ccco2)C2=C(CCCC2=O)N1. The molecule has 130 valence electrons. The number of esters is 1. The molecule has 0 radical (unpaired) electrons. The van der Waals surface area contributed by atoms with Gasteiger partial charge in [-0.05, 0) is 31.9 Å². The largest absolute Gasteiger partial charge is 0.468 e. The van der Waals surface area contributed by atoms with Gasteiger partial charge in [0.1, 0.15) is 5.76 Å². The van der Waals surface area contributed by atoms with Crippen molar-refractivity contribution >= 4 is 23.5 Å². The van der Waals surface area contributed by atoms with E-state index in [2.05, 4.69) is 11.4 Å². The van der Waals surface area contributed by atoms with Crippen molar-refractivity contribution in [3.63, 3.8) is 0 Å². The van der Waals surface area contributed by atoms with Crippen LogP contribution >= 0.6 is 11.8 Å². The number of ether oxygens (including phenoxy) is 1. The van der Waals surface area contributed by atoms with Gasteiger partial charge in [0.15, 0.2) is 5.78 Å². The molecule has 3 rings (SSSR count). The lowest BCUT2D eigenvalue weighted by Crippen LogP contribution is -2.31. The Morgan fingerprint density at radius 1 is 1.52 bits per heavy atom. The van der Waals surface area contributed by atoms with Crippen molar-refractivity contribution in [3.8, 4) is 6.07 Å². The van der Waals surface area contributed by atoms with Crippen LogP contribution in [0, 0.1) is 11.3 Å². The summed E-state index contributed by atoms with van der Waals surface area (Å²) in [7, 11) is 0. The van der Waals surface area contributed by atoms with E-state index >= 15 is 0 Å². The van der Waals surface area contributed by atoms with Gasteiger partial charge in [0.25, 0.3) is 0 Å². The number of rotatable bonds is 5. The summed E-state index contributed by atoms with van der Waals surface area (Å²) in [6.07, 6.45) is 3.51. The van der Waals surface area contributed by atoms with Crippen molar-refractivity contribution in [2.45, 2.75) is 32.1 Å². The summed E-state index contributed by atoms with van der Waals surface area (Å²) >= 11 is 1.22. The maximum atomic E-state index is 12.5. The molecule has 25 heavy (non-hydrogen) atoms. The van der Waals surface area contributed by atoms with Crippen molar-refractivity contribution in [3.05, 3.63) is 46.0 Å². The fraction of sp³-hybridized carbons (Fsp3) is 0.389. The minimum absolute atomic E-state index is 0.0392. The Hall–Kier alpha value is -2.46. The van der Waals surface area contributed by atoms with Gasteiger partial charge in [0.05, 0.1) is 41.2 Å². The Balaban J connectivity index is 1.97. The summed E-state index contributed by atoms with van der Waals surface area (Å²) in [5.41, 5.74) is 1.83. The van der Waals surface area contributed by atoms with E-state index in [-0.39, 0.29) is 17.5 Å². The van der Waals surface area contributed by atoms with Crippen LogP contribution in [-0.4, -0.2) is 24.1 Å². The number of thioether (sulfide) groups is 1. The number of carbonyl (C=O) groups is 2. The smallest absolute Gasteiger partial charge is 0.316 e. The van der Waals surface area contributed by atoms with E-state index in [1.807, 2.05) is 0 Å². The molecule has 0 saturated carbocycles. The van der Waals surface area contributed by atoms with Gasteiger partial charge in [-0.25, -0.2) is 0 Å². The number of carbonyl (C=O) groups excluding carboxylic acids is 2. The number of furan rings is 1. The average Bonchev–Trinajstić information content (AvgIpc) is 3.13.